The fourth-order valence-electron chi connectivity index (χ4n) is 4.38. The van der Waals surface area contributed by atoms with Gasteiger partial charge in [0.2, 0.25) is 5.91 Å². The molecule has 1 aromatic heterocycles. The minimum atomic E-state index is -0.621. The molecule has 1 fully saturated rings. The minimum absolute atomic E-state index is 0.00333. The number of hydrogen-bond acceptors (Lipinski definition) is 6. The normalized spacial score (nSPS) is 15.4. The van der Waals surface area contributed by atoms with E-state index in [0.717, 1.165) is 17.3 Å². The average molecular weight is 470 g/mol. The number of nitrogens with zero attached hydrogens (tertiary/aromatic N) is 3. The highest BCUT2D eigenvalue weighted by atomic mass is 16.2. The van der Waals surface area contributed by atoms with E-state index in [-0.39, 0.29) is 22.9 Å². The third kappa shape index (κ3) is 4.19. The summed E-state index contributed by atoms with van der Waals surface area (Å²) in [6, 6.07) is 18.0. The molecule has 3 amide bonds. The van der Waals surface area contributed by atoms with Crippen LogP contribution in [0, 0.1) is 0 Å². The molecule has 9 nitrogen and oxygen atoms in total. The van der Waals surface area contributed by atoms with E-state index in [1.165, 1.54) is 4.57 Å². The van der Waals surface area contributed by atoms with Gasteiger partial charge in [0, 0.05) is 44.0 Å². The van der Waals surface area contributed by atoms with Gasteiger partial charge in [0.1, 0.15) is 5.82 Å². The summed E-state index contributed by atoms with van der Waals surface area (Å²) >= 11 is 0. The lowest BCUT2D eigenvalue weighted by atomic mass is 10.1. The molecule has 0 unspecified atom stereocenters. The fourth-order valence-corrected chi connectivity index (χ4v) is 4.38. The Morgan fingerprint density at radius 1 is 0.857 bits per heavy atom. The highest BCUT2D eigenvalue weighted by Crippen LogP contribution is 2.24. The molecule has 176 valence electrons. The van der Waals surface area contributed by atoms with Gasteiger partial charge in [-0.05, 0) is 35.9 Å². The number of nitrogen functional groups attached to an aromatic ring is 1. The Balaban J connectivity index is 1.27. The minimum Gasteiger partial charge on any atom is -0.384 e. The number of nitrogens with two attached hydrogens (primary N) is 1. The quantitative estimate of drug-likeness (QED) is 0.443. The Bertz CT molecular complexity index is 1400. The zero-order chi connectivity index (χ0) is 24.5. The Hall–Kier alpha value is -4.66. The predicted molar refractivity (Wildman–Crippen MR) is 133 cm³/mol. The summed E-state index contributed by atoms with van der Waals surface area (Å²) in [7, 11) is 0. The van der Waals surface area contributed by atoms with Crippen molar-refractivity contribution in [2.75, 3.05) is 36.8 Å². The second-order valence-electron chi connectivity index (χ2n) is 8.35. The number of piperazine rings is 1. The van der Waals surface area contributed by atoms with E-state index >= 15 is 0 Å². The maximum Gasteiger partial charge on any atom is 0.262 e. The summed E-state index contributed by atoms with van der Waals surface area (Å²) in [5.41, 5.74) is 8.04. The van der Waals surface area contributed by atoms with E-state index in [9.17, 15) is 19.2 Å². The number of fused-ring (bicyclic) bond motifs is 1. The van der Waals surface area contributed by atoms with Gasteiger partial charge in [-0.25, -0.2) is 0 Å². The zero-order valence-electron chi connectivity index (χ0n) is 18.8. The Morgan fingerprint density at radius 2 is 1.51 bits per heavy atom. The molecule has 0 saturated carbocycles. The van der Waals surface area contributed by atoms with Crippen LogP contribution in [0.25, 0.3) is 11.8 Å². The molecule has 0 atom stereocenters. The Labute approximate surface area is 201 Å². The van der Waals surface area contributed by atoms with Crippen molar-refractivity contribution in [3.63, 3.8) is 0 Å². The van der Waals surface area contributed by atoms with Crippen molar-refractivity contribution in [1.29, 1.82) is 0 Å². The average Bonchev–Trinajstić information content (AvgIpc) is 3.16. The largest absolute Gasteiger partial charge is 0.384 e. The number of imide groups is 1. The van der Waals surface area contributed by atoms with Gasteiger partial charge >= 0.3 is 0 Å². The number of hydrogen-bond donors (Lipinski definition) is 2. The molecule has 0 radical (unpaired) electrons. The van der Waals surface area contributed by atoms with Crippen LogP contribution in [0.4, 0.5) is 11.5 Å². The van der Waals surface area contributed by atoms with Crippen molar-refractivity contribution in [2.45, 2.75) is 0 Å². The van der Waals surface area contributed by atoms with Crippen LogP contribution in [0.2, 0.25) is 0 Å². The monoisotopic (exact) mass is 469 g/mol. The summed E-state index contributed by atoms with van der Waals surface area (Å²) in [4.78, 5) is 53.1. The fraction of sp³-hybridized carbons (Fsp3) is 0.154. The maximum atomic E-state index is 12.6. The molecular weight excluding hydrogens is 446 g/mol. The van der Waals surface area contributed by atoms with Gasteiger partial charge in [0.05, 0.1) is 16.8 Å². The van der Waals surface area contributed by atoms with Gasteiger partial charge < -0.3 is 15.5 Å². The molecule has 2 aliphatic heterocycles. The van der Waals surface area contributed by atoms with E-state index in [1.807, 2.05) is 53.4 Å². The van der Waals surface area contributed by atoms with Crippen LogP contribution in [0.5, 0.6) is 0 Å². The van der Waals surface area contributed by atoms with Crippen molar-refractivity contribution in [1.82, 2.24) is 14.8 Å². The smallest absolute Gasteiger partial charge is 0.262 e. The van der Waals surface area contributed by atoms with E-state index in [4.69, 9.17) is 5.73 Å². The molecule has 3 heterocycles. The van der Waals surface area contributed by atoms with Crippen molar-refractivity contribution in [2.24, 2.45) is 0 Å². The van der Waals surface area contributed by atoms with Crippen LogP contribution in [0.15, 0.2) is 71.5 Å². The molecule has 2 aromatic carbocycles. The third-order valence-corrected chi connectivity index (χ3v) is 6.24. The zero-order valence-corrected chi connectivity index (χ0v) is 18.8. The molecule has 1 saturated heterocycles. The third-order valence-electron chi connectivity index (χ3n) is 6.24. The molecule has 9 heteroatoms. The first kappa shape index (κ1) is 22.1. The lowest BCUT2D eigenvalue weighted by Gasteiger charge is -2.35. The first-order valence-corrected chi connectivity index (χ1v) is 11.2. The molecule has 3 aromatic rings. The Kier molecular flexibility index (Phi) is 5.66. The number of pyridine rings is 1. The van der Waals surface area contributed by atoms with Crippen LogP contribution >= 0.6 is 0 Å². The molecule has 3 N–H and O–H groups in total. The van der Waals surface area contributed by atoms with Gasteiger partial charge in [-0.2, -0.15) is 0 Å². The van der Waals surface area contributed by atoms with E-state index in [2.05, 4.69) is 10.2 Å². The highest BCUT2D eigenvalue weighted by molar-refractivity contribution is 6.23. The van der Waals surface area contributed by atoms with Gasteiger partial charge in [-0.1, -0.05) is 30.3 Å². The number of carbonyl (C=O) groups is 3. The number of benzene rings is 2. The van der Waals surface area contributed by atoms with Crippen molar-refractivity contribution < 1.29 is 14.4 Å². The first-order chi connectivity index (χ1) is 16.9. The number of nitrogens with one attached hydrogen (secondary N) is 1. The number of carbonyl (C=O) groups excluding carboxylic acids is 3. The van der Waals surface area contributed by atoms with Crippen molar-refractivity contribution in [3.8, 4) is 5.69 Å². The summed E-state index contributed by atoms with van der Waals surface area (Å²) in [6.07, 6.45) is 3.42. The Morgan fingerprint density at radius 3 is 2.20 bits per heavy atom. The SMILES string of the molecule is Nc1c2c(cc(=O)n1-c1ccc(N3CCN(C(=O)C=Cc4ccccc4)CC3)cc1)C(=O)NC2=O. The van der Waals surface area contributed by atoms with Crippen molar-refractivity contribution in [3.05, 3.63) is 93.8 Å². The molecule has 0 bridgehead atoms. The summed E-state index contributed by atoms with van der Waals surface area (Å²) in [6.45, 7) is 2.54. The second kappa shape index (κ2) is 8.94. The first-order valence-electron chi connectivity index (χ1n) is 11.2. The van der Waals surface area contributed by atoms with Gasteiger partial charge in [0.25, 0.3) is 17.4 Å². The lowest BCUT2D eigenvalue weighted by molar-refractivity contribution is -0.126. The number of aromatic nitrogens is 1. The molecule has 2 aliphatic rings. The number of amides is 3. The van der Waals surface area contributed by atoms with Crippen LogP contribution in [0.1, 0.15) is 26.3 Å². The highest BCUT2D eigenvalue weighted by Gasteiger charge is 2.31. The van der Waals surface area contributed by atoms with Crippen LogP contribution in [-0.4, -0.2) is 53.4 Å². The van der Waals surface area contributed by atoms with Crippen LogP contribution in [-0.2, 0) is 4.79 Å². The maximum absolute atomic E-state index is 12.6. The van der Waals surface area contributed by atoms with Crippen LogP contribution in [0.3, 0.4) is 0 Å². The topological polar surface area (TPSA) is 118 Å². The van der Waals surface area contributed by atoms with E-state index < -0.39 is 17.4 Å². The molecule has 5 rings (SSSR count). The molecule has 0 spiro atoms. The van der Waals surface area contributed by atoms with Gasteiger partial charge in [-0.15, -0.1) is 0 Å². The standard InChI is InChI=1S/C26H23N5O4/c27-24-23-20(25(34)28-26(23)35)16-22(33)31(24)19-9-7-18(8-10-19)29-12-14-30(15-13-29)21(32)11-6-17-4-2-1-3-5-17/h1-11,16H,12-15,27H2,(H,28,34,35). The summed E-state index contributed by atoms with van der Waals surface area (Å²) in [5.74, 6) is -1.32. The van der Waals surface area contributed by atoms with Crippen molar-refractivity contribution >= 4 is 35.3 Å². The van der Waals surface area contributed by atoms with E-state index in [1.54, 1.807) is 18.2 Å². The lowest BCUT2D eigenvalue weighted by Crippen LogP contribution is -2.48. The van der Waals surface area contributed by atoms with Gasteiger partial charge in [0.15, 0.2) is 0 Å². The molecule has 35 heavy (non-hydrogen) atoms. The van der Waals surface area contributed by atoms with Crippen LogP contribution < -0.4 is 21.5 Å². The van der Waals surface area contributed by atoms with Gasteiger partial charge in [-0.3, -0.25) is 29.1 Å². The summed E-state index contributed by atoms with van der Waals surface area (Å²) < 4.78 is 1.22. The number of rotatable bonds is 4. The molecular formula is C26H23N5O4. The molecule has 0 aliphatic carbocycles. The van der Waals surface area contributed by atoms with E-state index in [0.29, 0.717) is 31.9 Å². The predicted octanol–water partition coefficient (Wildman–Crippen LogP) is 1.67. The number of anilines is 2. The second-order valence-corrected chi connectivity index (χ2v) is 8.35. The summed E-state index contributed by atoms with van der Waals surface area (Å²) in [5, 5.41) is 2.16.